The average Bonchev–Trinajstić information content (AvgIpc) is 2.71. The molecule has 0 amide bonds. The molecule has 0 spiro atoms. The van der Waals surface area contributed by atoms with Crippen LogP contribution in [0.5, 0.6) is 23.0 Å². The summed E-state index contributed by atoms with van der Waals surface area (Å²) < 4.78 is 21.6. The van der Waals surface area contributed by atoms with Gasteiger partial charge in [0.1, 0.15) is 29.6 Å². The third-order valence-electron chi connectivity index (χ3n) is 4.03. The fraction of sp³-hybridized carbons (Fsp3) is 0.261. The SMILES string of the molecule is COc1cc(OC)c(C=CC(=O)c2ccc(OCC=C(C)C)cc2)c(OC)c1. The van der Waals surface area contributed by atoms with Crippen molar-refractivity contribution < 1.29 is 23.7 Å². The van der Waals surface area contributed by atoms with Gasteiger partial charge in [0, 0.05) is 17.7 Å². The fourth-order valence-corrected chi connectivity index (χ4v) is 2.47. The van der Waals surface area contributed by atoms with Crippen LogP contribution < -0.4 is 18.9 Å². The number of methoxy groups -OCH3 is 3. The van der Waals surface area contributed by atoms with Gasteiger partial charge >= 0.3 is 0 Å². The van der Waals surface area contributed by atoms with Gasteiger partial charge < -0.3 is 18.9 Å². The Bertz CT molecular complexity index is 834. The smallest absolute Gasteiger partial charge is 0.185 e. The van der Waals surface area contributed by atoms with Gasteiger partial charge in [0.2, 0.25) is 0 Å². The second-order valence-electron chi connectivity index (χ2n) is 6.26. The first-order chi connectivity index (χ1) is 13.5. The van der Waals surface area contributed by atoms with Gasteiger partial charge in [-0.2, -0.15) is 0 Å². The van der Waals surface area contributed by atoms with E-state index in [9.17, 15) is 4.79 Å². The Morgan fingerprint density at radius 2 is 1.50 bits per heavy atom. The number of benzene rings is 2. The van der Waals surface area contributed by atoms with Crippen molar-refractivity contribution in [1.82, 2.24) is 0 Å². The van der Waals surface area contributed by atoms with Gasteiger partial charge in [0.05, 0.1) is 26.9 Å². The number of ketones is 1. The maximum atomic E-state index is 12.5. The summed E-state index contributed by atoms with van der Waals surface area (Å²) in [4.78, 5) is 12.5. The van der Waals surface area contributed by atoms with E-state index in [1.165, 1.54) is 11.6 Å². The maximum Gasteiger partial charge on any atom is 0.185 e. The lowest BCUT2D eigenvalue weighted by Gasteiger charge is -2.12. The molecule has 0 aliphatic carbocycles. The van der Waals surface area contributed by atoms with E-state index in [2.05, 4.69) is 0 Å². The molecule has 2 aromatic carbocycles. The van der Waals surface area contributed by atoms with Crippen LogP contribution in [0.1, 0.15) is 29.8 Å². The van der Waals surface area contributed by atoms with Gasteiger partial charge in [-0.3, -0.25) is 4.79 Å². The molecule has 0 aliphatic rings. The summed E-state index contributed by atoms with van der Waals surface area (Å²) in [5.41, 5.74) is 2.43. The lowest BCUT2D eigenvalue weighted by molar-refractivity contribution is 0.104. The van der Waals surface area contributed by atoms with Crippen LogP contribution in [0.2, 0.25) is 0 Å². The van der Waals surface area contributed by atoms with E-state index >= 15 is 0 Å². The number of carbonyl (C=O) groups excluding carboxylic acids is 1. The molecule has 0 heterocycles. The van der Waals surface area contributed by atoms with Crippen molar-refractivity contribution >= 4 is 11.9 Å². The van der Waals surface area contributed by atoms with Crippen LogP contribution in [0.3, 0.4) is 0 Å². The van der Waals surface area contributed by atoms with Gasteiger partial charge in [0.25, 0.3) is 0 Å². The average molecular weight is 382 g/mol. The van der Waals surface area contributed by atoms with Crippen molar-refractivity contribution in [3.8, 4) is 23.0 Å². The zero-order valence-corrected chi connectivity index (χ0v) is 16.9. The van der Waals surface area contributed by atoms with E-state index in [0.717, 1.165) is 5.75 Å². The van der Waals surface area contributed by atoms with Crippen LogP contribution >= 0.6 is 0 Å². The summed E-state index contributed by atoms with van der Waals surface area (Å²) >= 11 is 0. The summed E-state index contributed by atoms with van der Waals surface area (Å²) in [6, 6.07) is 10.5. The van der Waals surface area contributed by atoms with Gasteiger partial charge in [-0.05, 0) is 56.3 Å². The van der Waals surface area contributed by atoms with E-state index in [1.54, 1.807) is 63.8 Å². The largest absolute Gasteiger partial charge is 0.496 e. The van der Waals surface area contributed by atoms with Crippen LogP contribution in [0.15, 0.2) is 54.1 Å². The summed E-state index contributed by atoms with van der Waals surface area (Å²) in [6.45, 7) is 4.54. The van der Waals surface area contributed by atoms with Crippen LogP contribution in [0.25, 0.3) is 6.08 Å². The highest BCUT2D eigenvalue weighted by Crippen LogP contribution is 2.35. The minimum atomic E-state index is -0.129. The van der Waals surface area contributed by atoms with Crippen molar-refractivity contribution in [1.29, 1.82) is 0 Å². The molecule has 2 rings (SSSR count). The van der Waals surface area contributed by atoms with E-state index < -0.39 is 0 Å². The first-order valence-electron chi connectivity index (χ1n) is 8.87. The van der Waals surface area contributed by atoms with Crippen LogP contribution in [0, 0.1) is 0 Å². The zero-order chi connectivity index (χ0) is 20.5. The molecule has 148 valence electrons. The molecule has 0 radical (unpaired) electrons. The van der Waals surface area contributed by atoms with Gasteiger partial charge in [-0.15, -0.1) is 0 Å². The number of hydrogen-bond donors (Lipinski definition) is 0. The Kier molecular flexibility index (Phi) is 7.69. The summed E-state index contributed by atoms with van der Waals surface area (Å²) in [7, 11) is 4.68. The summed E-state index contributed by atoms with van der Waals surface area (Å²) in [6.07, 6.45) is 5.17. The molecule has 2 aromatic rings. The predicted molar refractivity (Wildman–Crippen MR) is 111 cm³/mol. The Morgan fingerprint density at radius 3 is 2.00 bits per heavy atom. The molecule has 0 N–H and O–H groups in total. The Hall–Kier alpha value is -3.21. The number of hydrogen-bond acceptors (Lipinski definition) is 5. The maximum absolute atomic E-state index is 12.5. The number of rotatable bonds is 9. The minimum absolute atomic E-state index is 0.129. The number of ether oxygens (including phenoxy) is 4. The molecule has 0 saturated carbocycles. The molecule has 0 atom stereocenters. The van der Waals surface area contributed by atoms with Gasteiger partial charge in [-0.1, -0.05) is 5.57 Å². The fourth-order valence-electron chi connectivity index (χ4n) is 2.47. The van der Waals surface area contributed by atoms with Crippen molar-refractivity contribution in [2.24, 2.45) is 0 Å². The first-order valence-corrected chi connectivity index (χ1v) is 8.87. The highest BCUT2D eigenvalue weighted by Gasteiger charge is 2.11. The summed E-state index contributed by atoms with van der Waals surface area (Å²) in [5, 5.41) is 0. The zero-order valence-electron chi connectivity index (χ0n) is 16.9. The van der Waals surface area contributed by atoms with Crippen molar-refractivity contribution in [3.63, 3.8) is 0 Å². The van der Waals surface area contributed by atoms with Crippen molar-refractivity contribution in [2.75, 3.05) is 27.9 Å². The summed E-state index contributed by atoms with van der Waals surface area (Å²) in [5.74, 6) is 2.32. The quantitative estimate of drug-likeness (QED) is 0.349. The predicted octanol–water partition coefficient (Wildman–Crippen LogP) is 4.95. The topological polar surface area (TPSA) is 54.0 Å². The molecule has 0 aromatic heterocycles. The van der Waals surface area contributed by atoms with E-state index in [4.69, 9.17) is 18.9 Å². The monoisotopic (exact) mass is 382 g/mol. The highest BCUT2D eigenvalue weighted by atomic mass is 16.5. The molecule has 0 saturated heterocycles. The van der Waals surface area contributed by atoms with E-state index in [-0.39, 0.29) is 5.78 Å². The van der Waals surface area contributed by atoms with Crippen molar-refractivity contribution in [2.45, 2.75) is 13.8 Å². The molecular weight excluding hydrogens is 356 g/mol. The molecule has 0 bridgehead atoms. The molecule has 28 heavy (non-hydrogen) atoms. The van der Waals surface area contributed by atoms with Crippen LogP contribution in [-0.4, -0.2) is 33.7 Å². The third-order valence-corrected chi connectivity index (χ3v) is 4.03. The van der Waals surface area contributed by atoms with E-state index in [0.29, 0.717) is 35.0 Å². The number of carbonyl (C=O) groups is 1. The molecule has 0 fully saturated rings. The second kappa shape index (κ2) is 10.2. The lowest BCUT2D eigenvalue weighted by atomic mass is 10.1. The normalized spacial score (nSPS) is 10.5. The molecule has 5 heteroatoms. The second-order valence-corrected chi connectivity index (χ2v) is 6.26. The van der Waals surface area contributed by atoms with Gasteiger partial charge in [-0.25, -0.2) is 0 Å². The third kappa shape index (κ3) is 5.64. The van der Waals surface area contributed by atoms with Gasteiger partial charge in [0.15, 0.2) is 5.78 Å². The first kappa shape index (κ1) is 21.1. The standard InChI is InChI=1S/C23H26O5/c1-16(2)12-13-28-18-8-6-17(7-9-18)21(24)11-10-20-22(26-4)14-19(25-3)15-23(20)27-5/h6-12,14-15H,13H2,1-5H3. The van der Waals surface area contributed by atoms with Crippen molar-refractivity contribution in [3.05, 3.63) is 65.3 Å². The highest BCUT2D eigenvalue weighted by molar-refractivity contribution is 6.07. The lowest BCUT2D eigenvalue weighted by Crippen LogP contribution is -1.98. The number of allylic oxidation sites excluding steroid dienone is 2. The molecule has 0 unspecified atom stereocenters. The Balaban J connectivity index is 2.16. The molecule has 5 nitrogen and oxygen atoms in total. The van der Waals surface area contributed by atoms with Crippen LogP contribution in [-0.2, 0) is 0 Å². The Morgan fingerprint density at radius 1 is 0.893 bits per heavy atom. The van der Waals surface area contributed by atoms with E-state index in [1.807, 2.05) is 19.9 Å². The molecule has 0 aliphatic heterocycles. The van der Waals surface area contributed by atoms with Crippen LogP contribution in [0.4, 0.5) is 0 Å². The molecular formula is C23H26O5. The minimum Gasteiger partial charge on any atom is -0.496 e. The Labute approximate surface area is 166 Å².